The van der Waals surface area contributed by atoms with Crippen molar-refractivity contribution in [1.29, 1.82) is 0 Å². The fourth-order valence-electron chi connectivity index (χ4n) is 4.76. The lowest BCUT2D eigenvalue weighted by Gasteiger charge is -2.17. The van der Waals surface area contributed by atoms with Crippen molar-refractivity contribution >= 4 is 46.9 Å². The summed E-state index contributed by atoms with van der Waals surface area (Å²) < 4.78 is 16.3. The van der Waals surface area contributed by atoms with Gasteiger partial charge in [0, 0.05) is 33.5 Å². The van der Waals surface area contributed by atoms with E-state index in [2.05, 4.69) is 22.9 Å². The standard InChI is InChI=1S/C37H39N3O6S/c1-7-25-15-11-12-23(2)34(25)40-35(41)24(3)47-29-18-16-28(17-19-29)38-37(43)30(39-36(42)26-13-9-8-10-14-26)20-27-21-32(45-5)33(46-6)22-31(27)44-4/h8-22,24H,7H2,1-6H3,(H,38,43)(H,39,42)(H,40,41)/b30-20-. The van der Waals surface area contributed by atoms with E-state index in [1.165, 1.54) is 39.2 Å². The van der Waals surface area contributed by atoms with E-state index >= 15 is 0 Å². The fourth-order valence-corrected chi connectivity index (χ4v) is 5.63. The van der Waals surface area contributed by atoms with E-state index in [0.717, 1.165) is 28.1 Å². The molecule has 4 aromatic rings. The van der Waals surface area contributed by atoms with Crippen molar-refractivity contribution in [2.24, 2.45) is 0 Å². The van der Waals surface area contributed by atoms with Crippen LogP contribution in [0.4, 0.5) is 11.4 Å². The average molecular weight is 654 g/mol. The molecule has 0 aromatic heterocycles. The van der Waals surface area contributed by atoms with Crippen LogP contribution in [0.15, 0.2) is 95.5 Å². The van der Waals surface area contributed by atoms with Gasteiger partial charge in [0.1, 0.15) is 11.4 Å². The molecule has 0 heterocycles. The molecule has 0 bridgehead atoms. The number of methoxy groups -OCH3 is 3. The van der Waals surface area contributed by atoms with Crippen molar-refractivity contribution in [2.45, 2.75) is 37.3 Å². The summed E-state index contributed by atoms with van der Waals surface area (Å²) in [5, 5.41) is 8.32. The molecule has 3 amide bonds. The predicted octanol–water partition coefficient (Wildman–Crippen LogP) is 7.11. The third-order valence-electron chi connectivity index (χ3n) is 7.35. The Labute approximate surface area is 279 Å². The molecule has 4 rings (SSSR count). The number of benzene rings is 4. The monoisotopic (exact) mass is 653 g/mol. The zero-order chi connectivity index (χ0) is 33.9. The topological polar surface area (TPSA) is 115 Å². The number of hydrogen-bond acceptors (Lipinski definition) is 7. The zero-order valence-electron chi connectivity index (χ0n) is 27.3. The quantitative estimate of drug-likeness (QED) is 0.104. The lowest BCUT2D eigenvalue weighted by atomic mass is 10.1. The summed E-state index contributed by atoms with van der Waals surface area (Å²) in [7, 11) is 4.51. The van der Waals surface area contributed by atoms with Gasteiger partial charge in [-0.05, 0) is 79.9 Å². The summed E-state index contributed by atoms with van der Waals surface area (Å²) >= 11 is 1.41. The largest absolute Gasteiger partial charge is 0.496 e. The number of ether oxygens (including phenoxy) is 3. The summed E-state index contributed by atoms with van der Waals surface area (Å²) in [4.78, 5) is 40.6. The first-order chi connectivity index (χ1) is 22.7. The highest BCUT2D eigenvalue weighted by Crippen LogP contribution is 2.36. The van der Waals surface area contributed by atoms with E-state index in [9.17, 15) is 14.4 Å². The Morgan fingerprint density at radius 3 is 2.11 bits per heavy atom. The number of thioether (sulfide) groups is 1. The van der Waals surface area contributed by atoms with Gasteiger partial charge in [0.25, 0.3) is 11.8 Å². The summed E-state index contributed by atoms with van der Waals surface area (Å²) in [6, 6.07) is 25.0. The minimum atomic E-state index is -0.552. The molecule has 4 aromatic carbocycles. The Bertz CT molecular complexity index is 1760. The molecule has 244 valence electrons. The molecule has 3 N–H and O–H groups in total. The molecule has 10 heteroatoms. The van der Waals surface area contributed by atoms with Gasteiger partial charge < -0.3 is 30.2 Å². The van der Waals surface area contributed by atoms with Crippen LogP contribution in [0, 0.1) is 6.92 Å². The van der Waals surface area contributed by atoms with Gasteiger partial charge in [-0.2, -0.15) is 0 Å². The van der Waals surface area contributed by atoms with Gasteiger partial charge in [0.15, 0.2) is 11.5 Å². The number of nitrogens with one attached hydrogen (secondary N) is 3. The van der Waals surface area contributed by atoms with Crippen molar-refractivity contribution in [3.8, 4) is 17.2 Å². The second kappa shape index (κ2) is 16.4. The van der Waals surface area contributed by atoms with Crippen LogP contribution < -0.4 is 30.2 Å². The molecule has 0 spiro atoms. The van der Waals surface area contributed by atoms with Gasteiger partial charge in [-0.15, -0.1) is 11.8 Å². The van der Waals surface area contributed by atoms with E-state index in [-0.39, 0.29) is 16.9 Å². The first-order valence-electron chi connectivity index (χ1n) is 15.0. The van der Waals surface area contributed by atoms with Gasteiger partial charge in [-0.1, -0.05) is 43.3 Å². The highest BCUT2D eigenvalue weighted by Gasteiger charge is 2.19. The van der Waals surface area contributed by atoms with Crippen molar-refractivity contribution in [2.75, 3.05) is 32.0 Å². The van der Waals surface area contributed by atoms with Gasteiger partial charge in [-0.25, -0.2) is 0 Å². The summed E-state index contributed by atoms with van der Waals surface area (Å²) in [5.41, 5.74) is 4.33. The van der Waals surface area contributed by atoms with Crippen molar-refractivity contribution < 1.29 is 28.6 Å². The van der Waals surface area contributed by atoms with Crippen LogP contribution in [0.3, 0.4) is 0 Å². The molecule has 0 saturated carbocycles. The molecule has 9 nitrogen and oxygen atoms in total. The van der Waals surface area contributed by atoms with Crippen LogP contribution in [0.2, 0.25) is 0 Å². The number of para-hydroxylation sites is 1. The van der Waals surface area contributed by atoms with E-state index in [1.807, 2.05) is 44.2 Å². The molecular weight excluding hydrogens is 614 g/mol. The van der Waals surface area contributed by atoms with Crippen LogP contribution in [-0.4, -0.2) is 44.3 Å². The molecule has 0 aliphatic rings. The van der Waals surface area contributed by atoms with E-state index in [0.29, 0.717) is 34.1 Å². The second-order valence-electron chi connectivity index (χ2n) is 10.5. The van der Waals surface area contributed by atoms with E-state index in [4.69, 9.17) is 14.2 Å². The Balaban J connectivity index is 1.53. The van der Waals surface area contributed by atoms with Gasteiger partial charge in [0.05, 0.1) is 26.6 Å². The summed E-state index contributed by atoms with van der Waals surface area (Å²) in [6.45, 7) is 5.90. The molecule has 0 saturated heterocycles. The van der Waals surface area contributed by atoms with Crippen LogP contribution in [0.25, 0.3) is 6.08 Å². The van der Waals surface area contributed by atoms with Crippen LogP contribution in [0.1, 0.15) is 40.9 Å². The molecule has 1 atom stereocenters. The average Bonchev–Trinajstić information content (AvgIpc) is 3.09. The molecule has 0 radical (unpaired) electrons. The van der Waals surface area contributed by atoms with Crippen molar-refractivity contribution in [3.05, 3.63) is 113 Å². The first kappa shape index (κ1) is 34.6. The summed E-state index contributed by atoms with van der Waals surface area (Å²) in [5.74, 6) is 0.188. The first-order valence-corrected chi connectivity index (χ1v) is 15.9. The highest BCUT2D eigenvalue weighted by atomic mass is 32.2. The predicted molar refractivity (Wildman–Crippen MR) is 188 cm³/mol. The van der Waals surface area contributed by atoms with Gasteiger partial charge >= 0.3 is 0 Å². The number of hydrogen-bond donors (Lipinski definition) is 3. The Morgan fingerprint density at radius 1 is 0.809 bits per heavy atom. The number of carbonyl (C=O) groups excluding carboxylic acids is 3. The Hall–Kier alpha value is -5.22. The Kier molecular flexibility index (Phi) is 12.1. The Morgan fingerprint density at radius 2 is 1.47 bits per heavy atom. The maximum atomic E-state index is 13.6. The molecule has 0 aliphatic heterocycles. The highest BCUT2D eigenvalue weighted by molar-refractivity contribution is 8.00. The third kappa shape index (κ3) is 8.95. The third-order valence-corrected chi connectivity index (χ3v) is 8.46. The normalized spacial score (nSPS) is 11.7. The number of carbonyl (C=O) groups is 3. The number of aryl methyl sites for hydroxylation is 2. The number of rotatable bonds is 13. The van der Waals surface area contributed by atoms with Crippen LogP contribution in [-0.2, 0) is 16.0 Å². The van der Waals surface area contributed by atoms with Crippen molar-refractivity contribution in [1.82, 2.24) is 5.32 Å². The fraction of sp³-hybridized carbons (Fsp3) is 0.216. The second-order valence-corrected chi connectivity index (χ2v) is 11.9. The summed E-state index contributed by atoms with van der Waals surface area (Å²) in [6.07, 6.45) is 2.33. The number of amides is 3. The number of anilines is 2. The maximum Gasteiger partial charge on any atom is 0.272 e. The molecule has 1 unspecified atom stereocenters. The van der Waals surface area contributed by atoms with Crippen LogP contribution in [0.5, 0.6) is 17.2 Å². The van der Waals surface area contributed by atoms with Gasteiger partial charge in [0.2, 0.25) is 5.91 Å². The zero-order valence-corrected chi connectivity index (χ0v) is 28.1. The molecule has 0 aliphatic carbocycles. The minimum Gasteiger partial charge on any atom is -0.496 e. The SMILES string of the molecule is CCc1cccc(C)c1NC(=O)C(C)Sc1ccc(NC(=O)/C(=C/c2cc(OC)c(OC)cc2OC)NC(=O)c2ccccc2)cc1. The molecular formula is C37H39N3O6S. The van der Waals surface area contributed by atoms with E-state index < -0.39 is 11.8 Å². The van der Waals surface area contributed by atoms with E-state index in [1.54, 1.807) is 54.6 Å². The maximum absolute atomic E-state index is 13.6. The smallest absolute Gasteiger partial charge is 0.272 e. The van der Waals surface area contributed by atoms with Crippen molar-refractivity contribution in [3.63, 3.8) is 0 Å². The van der Waals surface area contributed by atoms with Crippen LogP contribution >= 0.6 is 11.8 Å². The molecule has 47 heavy (non-hydrogen) atoms. The van der Waals surface area contributed by atoms with Gasteiger partial charge in [-0.3, -0.25) is 14.4 Å². The lowest BCUT2D eigenvalue weighted by Crippen LogP contribution is -2.30. The molecule has 0 fully saturated rings. The lowest BCUT2D eigenvalue weighted by molar-refractivity contribution is -0.115. The minimum absolute atomic E-state index is 0.0178.